The summed E-state index contributed by atoms with van der Waals surface area (Å²) in [7, 11) is 1.47. The van der Waals surface area contributed by atoms with E-state index < -0.39 is 0 Å². The number of nitrogens with zero attached hydrogens (tertiary/aromatic N) is 1. The molecule has 6 heteroatoms. The van der Waals surface area contributed by atoms with Gasteiger partial charge in [-0.15, -0.1) is 0 Å². The number of carbonyl (C=O) groups is 1. The van der Waals surface area contributed by atoms with Crippen LogP contribution in [0.4, 0.5) is 11.4 Å². The Kier molecular flexibility index (Phi) is 5.94. The number of benzene rings is 2. The lowest BCUT2D eigenvalue weighted by Gasteiger charge is -2.35. The number of hydrogen-bond acceptors (Lipinski definition) is 3. The molecule has 1 aliphatic rings. The van der Waals surface area contributed by atoms with Crippen LogP contribution in [-0.4, -0.2) is 25.6 Å². The van der Waals surface area contributed by atoms with E-state index in [0.717, 1.165) is 6.54 Å². The average Bonchev–Trinajstić information content (AvgIpc) is 2.62. The van der Waals surface area contributed by atoms with Crippen LogP contribution in [0.1, 0.15) is 36.5 Å². The van der Waals surface area contributed by atoms with E-state index >= 15 is 0 Å². The van der Waals surface area contributed by atoms with Gasteiger partial charge in [-0.1, -0.05) is 23.2 Å². The fourth-order valence-electron chi connectivity index (χ4n) is 3.35. The minimum absolute atomic E-state index is 0.304. The van der Waals surface area contributed by atoms with Crippen molar-refractivity contribution in [2.24, 2.45) is 0 Å². The van der Waals surface area contributed by atoms with Crippen molar-refractivity contribution in [2.45, 2.75) is 32.2 Å². The predicted octanol–water partition coefficient (Wildman–Crippen LogP) is 5.63. The maximum atomic E-state index is 12.6. The van der Waals surface area contributed by atoms with Crippen LogP contribution in [0.5, 0.6) is 5.75 Å². The van der Waals surface area contributed by atoms with Crippen LogP contribution >= 0.6 is 23.2 Å². The monoisotopic (exact) mass is 392 g/mol. The van der Waals surface area contributed by atoms with Crippen molar-refractivity contribution in [3.05, 3.63) is 52.0 Å². The molecule has 1 fully saturated rings. The molecule has 1 heterocycles. The normalized spacial score (nSPS) is 17.1. The minimum atomic E-state index is -0.314. The highest BCUT2D eigenvalue weighted by Crippen LogP contribution is 2.33. The van der Waals surface area contributed by atoms with Gasteiger partial charge >= 0.3 is 0 Å². The zero-order valence-electron chi connectivity index (χ0n) is 14.9. The number of anilines is 2. The van der Waals surface area contributed by atoms with Gasteiger partial charge in [0.2, 0.25) is 0 Å². The van der Waals surface area contributed by atoms with Gasteiger partial charge in [-0.25, -0.2) is 0 Å². The van der Waals surface area contributed by atoms with Crippen molar-refractivity contribution in [3.8, 4) is 5.75 Å². The lowest BCUT2D eigenvalue weighted by Crippen LogP contribution is -2.37. The van der Waals surface area contributed by atoms with E-state index in [4.69, 9.17) is 27.9 Å². The van der Waals surface area contributed by atoms with Gasteiger partial charge in [0.25, 0.3) is 5.91 Å². The molecule has 1 saturated heterocycles. The molecule has 138 valence electrons. The van der Waals surface area contributed by atoms with Gasteiger partial charge in [-0.2, -0.15) is 0 Å². The number of carbonyl (C=O) groups excluding carboxylic acids is 1. The molecular weight excluding hydrogens is 371 g/mol. The number of amides is 1. The fraction of sp³-hybridized carbons (Fsp3) is 0.350. The number of ether oxygens (including phenoxy) is 1. The van der Waals surface area contributed by atoms with E-state index in [1.54, 1.807) is 12.1 Å². The summed E-state index contributed by atoms with van der Waals surface area (Å²) in [5.74, 6) is -0.00216. The largest absolute Gasteiger partial charge is 0.494 e. The molecule has 1 aliphatic heterocycles. The van der Waals surface area contributed by atoms with Crippen molar-refractivity contribution in [2.75, 3.05) is 23.9 Å². The Hall–Kier alpha value is -1.91. The summed E-state index contributed by atoms with van der Waals surface area (Å²) in [6.45, 7) is 3.33. The number of methoxy groups -OCH3 is 1. The Morgan fingerprint density at radius 1 is 1.19 bits per heavy atom. The SMILES string of the molecule is COc1c(Cl)cc(Cl)cc1C(=O)Nc1ccc(N2CCCC[C@@H]2C)cc1. The smallest absolute Gasteiger partial charge is 0.259 e. The second kappa shape index (κ2) is 8.19. The summed E-state index contributed by atoms with van der Waals surface area (Å²) < 4.78 is 5.24. The van der Waals surface area contributed by atoms with Gasteiger partial charge < -0.3 is 15.0 Å². The van der Waals surface area contributed by atoms with E-state index in [2.05, 4.69) is 17.1 Å². The molecule has 0 saturated carbocycles. The Morgan fingerprint density at radius 3 is 2.58 bits per heavy atom. The first-order valence-corrected chi connectivity index (χ1v) is 9.46. The maximum Gasteiger partial charge on any atom is 0.259 e. The number of nitrogens with one attached hydrogen (secondary N) is 1. The van der Waals surface area contributed by atoms with Crippen LogP contribution in [0.15, 0.2) is 36.4 Å². The van der Waals surface area contributed by atoms with Crippen LogP contribution in [0.3, 0.4) is 0 Å². The topological polar surface area (TPSA) is 41.6 Å². The van der Waals surface area contributed by atoms with Gasteiger partial charge in [0.05, 0.1) is 17.7 Å². The second-order valence-corrected chi connectivity index (χ2v) is 7.35. The number of hydrogen-bond donors (Lipinski definition) is 1. The third kappa shape index (κ3) is 4.08. The van der Waals surface area contributed by atoms with Crippen LogP contribution in [0, 0.1) is 0 Å². The third-order valence-electron chi connectivity index (χ3n) is 4.72. The summed E-state index contributed by atoms with van der Waals surface area (Å²) in [5.41, 5.74) is 2.19. The molecule has 1 N–H and O–H groups in total. The molecule has 0 bridgehead atoms. The zero-order chi connectivity index (χ0) is 18.7. The Bertz CT molecular complexity index is 793. The highest BCUT2D eigenvalue weighted by atomic mass is 35.5. The van der Waals surface area contributed by atoms with E-state index in [-0.39, 0.29) is 5.91 Å². The summed E-state index contributed by atoms with van der Waals surface area (Å²) in [6, 6.07) is 11.5. The van der Waals surface area contributed by atoms with Crippen LogP contribution in [0.2, 0.25) is 10.0 Å². The van der Waals surface area contributed by atoms with Crippen LogP contribution in [-0.2, 0) is 0 Å². The molecule has 1 atom stereocenters. The summed E-state index contributed by atoms with van der Waals surface area (Å²) >= 11 is 12.1. The third-order valence-corrected chi connectivity index (χ3v) is 5.22. The van der Waals surface area contributed by atoms with E-state index in [9.17, 15) is 4.79 Å². The van der Waals surface area contributed by atoms with Crippen LogP contribution < -0.4 is 15.0 Å². The predicted molar refractivity (Wildman–Crippen MR) is 108 cm³/mol. The molecule has 1 amide bonds. The average molecular weight is 393 g/mol. The summed E-state index contributed by atoms with van der Waals surface area (Å²) in [4.78, 5) is 15.0. The molecule has 2 aromatic rings. The molecule has 26 heavy (non-hydrogen) atoms. The quantitative estimate of drug-likeness (QED) is 0.732. The highest BCUT2D eigenvalue weighted by Gasteiger charge is 2.19. The first-order chi connectivity index (χ1) is 12.5. The molecule has 0 unspecified atom stereocenters. The van der Waals surface area contributed by atoms with Crippen LogP contribution in [0.25, 0.3) is 0 Å². The van der Waals surface area contributed by atoms with Gasteiger partial charge in [-0.05, 0) is 62.6 Å². The molecule has 0 radical (unpaired) electrons. The summed E-state index contributed by atoms with van der Waals surface area (Å²) in [5, 5.41) is 3.56. The highest BCUT2D eigenvalue weighted by molar-refractivity contribution is 6.36. The van der Waals surface area contributed by atoms with E-state index in [1.165, 1.54) is 32.1 Å². The number of halogens is 2. The van der Waals surface area contributed by atoms with Gasteiger partial charge in [0.1, 0.15) is 5.75 Å². The number of piperidine rings is 1. The van der Waals surface area contributed by atoms with Gasteiger partial charge in [0, 0.05) is 29.0 Å². The van der Waals surface area contributed by atoms with Crippen molar-refractivity contribution < 1.29 is 9.53 Å². The molecule has 4 nitrogen and oxygen atoms in total. The van der Waals surface area contributed by atoms with Crippen molar-refractivity contribution in [1.29, 1.82) is 0 Å². The second-order valence-electron chi connectivity index (χ2n) is 6.51. The molecule has 0 aliphatic carbocycles. The Labute approximate surface area is 164 Å². The molecule has 2 aromatic carbocycles. The van der Waals surface area contributed by atoms with Gasteiger partial charge in [-0.3, -0.25) is 4.79 Å². The lowest BCUT2D eigenvalue weighted by molar-refractivity contribution is 0.102. The van der Waals surface area contributed by atoms with E-state index in [0.29, 0.717) is 33.1 Å². The first kappa shape index (κ1) is 18.9. The van der Waals surface area contributed by atoms with Crippen molar-refractivity contribution in [3.63, 3.8) is 0 Å². The fourth-order valence-corrected chi connectivity index (χ4v) is 3.92. The lowest BCUT2D eigenvalue weighted by atomic mass is 10.0. The molecule has 0 aromatic heterocycles. The Balaban J connectivity index is 1.76. The zero-order valence-corrected chi connectivity index (χ0v) is 16.4. The van der Waals surface area contributed by atoms with E-state index in [1.807, 2.05) is 24.3 Å². The molecule has 3 rings (SSSR count). The number of rotatable bonds is 4. The van der Waals surface area contributed by atoms with Gasteiger partial charge in [0.15, 0.2) is 0 Å². The first-order valence-electron chi connectivity index (χ1n) is 8.70. The minimum Gasteiger partial charge on any atom is -0.494 e. The maximum absolute atomic E-state index is 12.6. The Morgan fingerprint density at radius 2 is 1.92 bits per heavy atom. The summed E-state index contributed by atoms with van der Waals surface area (Å²) in [6.07, 6.45) is 3.72. The molecule has 0 spiro atoms. The molecular formula is C20H22Cl2N2O2. The van der Waals surface area contributed by atoms with Crippen molar-refractivity contribution >= 4 is 40.5 Å². The standard InChI is InChI=1S/C20H22Cl2N2O2/c1-13-5-3-4-10-24(13)16-8-6-15(7-9-16)23-20(25)17-11-14(21)12-18(22)19(17)26-2/h6-9,11-13H,3-5,10H2,1-2H3,(H,23,25)/t13-/m0/s1. The van der Waals surface area contributed by atoms with Crippen molar-refractivity contribution in [1.82, 2.24) is 0 Å².